The number of rotatable bonds is 3. The quantitative estimate of drug-likeness (QED) is 0.896. The number of nitrogens with zero attached hydrogens (tertiary/aromatic N) is 2. The summed E-state index contributed by atoms with van der Waals surface area (Å²) in [4.78, 5) is 8.42. The Balaban J connectivity index is 2.61. The Hall–Kier alpha value is -2.30. The first-order valence-electron chi connectivity index (χ1n) is 5.48. The lowest BCUT2D eigenvalue weighted by atomic mass is 10.0. The van der Waals surface area contributed by atoms with Gasteiger partial charge in [-0.05, 0) is 18.6 Å². The zero-order valence-corrected chi connectivity index (χ0v) is 10.6. The van der Waals surface area contributed by atoms with Crippen LogP contribution in [0.4, 0.5) is 5.82 Å². The molecule has 0 saturated heterocycles. The monoisotopic (exact) mass is 245 g/mol. The van der Waals surface area contributed by atoms with E-state index in [4.69, 9.17) is 15.2 Å². The van der Waals surface area contributed by atoms with E-state index in [2.05, 4.69) is 9.97 Å². The molecule has 0 fully saturated rings. The molecule has 0 saturated carbocycles. The molecule has 18 heavy (non-hydrogen) atoms. The molecule has 2 rings (SSSR count). The van der Waals surface area contributed by atoms with Crippen LogP contribution < -0.4 is 15.2 Å². The number of nitrogen functional groups attached to an aromatic ring is 1. The molecule has 0 amide bonds. The molecule has 5 nitrogen and oxygen atoms in total. The van der Waals surface area contributed by atoms with Gasteiger partial charge < -0.3 is 15.2 Å². The van der Waals surface area contributed by atoms with Crippen molar-refractivity contribution in [3.63, 3.8) is 0 Å². The summed E-state index contributed by atoms with van der Waals surface area (Å²) in [5, 5.41) is 0. The van der Waals surface area contributed by atoms with Gasteiger partial charge in [-0.1, -0.05) is 12.1 Å². The lowest BCUT2D eigenvalue weighted by Gasteiger charge is -2.11. The Bertz CT molecular complexity index is 570. The van der Waals surface area contributed by atoms with Crippen molar-refractivity contribution in [2.45, 2.75) is 6.92 Å². The summed E-state index contributed by atoms with van der Waals surface area (Å²) < 4.78 is 10.4. The van der Waals surface area contributed by atoms with Gasteiger partial charge in [-0.15, -0.1) is 0 Å². The summed E-state index contributed by atoms with van der Waals surface area (Å²) in [6.45, 7) is 1.99. The van der Waals surface area contributed by atoms with E-state index in [1.165, 1.54) is 7.11 Å². The lowest BCUT2D eigenvalue weighted by molar-refractivity contribution is 0.398. The largest absolute Gasteiger partial charge is 0.496 e. The second-order valence-electron chi connectivity index (χ2n) is 3.80. The fourth-order valence-corrected chi connectivity index (χ4v) is 1.79. The summed E-state index contributed by atoms with van der Waals surface area (Å²) in [6.07, 6.45) is 1.61. The van der Waals surface area contributed by atoms with Crippen molar-refractivity contribution in [1.29, 1.82) is 0 Å². The number of benzene rings is 1. The summed E-state index contributed by atoms with van der Waals surface area (Å²) >= 11 is 0. The molecule has 0 spiro atoms. The fourth-order valence-electron chi connectivity index (χ4n) is 1.79. The lowest BCUT2D eigenvalue weighted by Crippen LogP contribution is -2.01. The minimum absolute atomic E-state index is 0.272. The van der Waals surface area contributed by atoms with Gasteiger partial charge in [-0.3, -0.25) is 0 Å². The van der Waals surface area contributed by atoms with Crippen LogP contribution in [-0.2, 0) is 0 Å². The molecular formula is C13H15N3O2. The standard InChI is InChI=1S/C13H15N3O2/c1-8-5-4-6-10(17-2)11(8)9-7-15-12(14)13(16-9)18-3/h4-7H,1-3H3,(H2,14,15). The Labute approximate surface area is 106 Å². The van der Waals surface area contributed by atoms with E-state index in [0.717, 1.165) is 16.9 Å². The molecule has 0 radical (unpaired) electrons. The van der Waals surface area contributed by atoms with Gasteiger partial charge in [0.2, 0.25) is 0 Å². The van der Waals surface area contributed by atoms with Crippen LogP contribution >= 0.6 is 0 Å². The van der Waals surface area contributed by atoms with E-state index >= 15 is 0 Å². The molecule has 0 aliphatic carbocycles. The number of nitrogens with two attached hydrogens (primary N) is 1. The van der Waals surface area contributed by atoms with E-state index in [9.17, 15) is 0 Å². The van der Waals surface area contributed by atoms with Crippen molar-refractivity contribution in [1.82, 2.24) is 9.97 Å². The van der Waals surface area contributed by atoms with Crippen LogP contribution in [0.5, 0.6) is 11.6 Å². The second-order valence-corrected chi connectivity index (χ2v) is 3.80. The van der Waals surface area contributed by atoms with Crippen LogP contribution in [0, 0.1) is 6.92 Å². The fraction of sp³-hybridized carbons (Fsp3) is 0.231. The first kappa shape index (κ1) is 12.2. The van der Waals surface area contributed by atoms with Crippen molar-refractivity contribution in [3.8, 4) is 22.9 Å². The van der Waals surface area contributed by atoms with E-state index in [1.807, 2.05) is 25.1 Å². The zero-order chi connectivity index (χ0) is 13.1. The highest BCUT2D eigenvalue weighted by Gasteiger charge is 2.13. The summed E-state index contributed by atoms with van der Waals surface area (Å²) in [6, 6.07) is 5.80. The Morgan fingerprint density at radius 2 is 1.94 bits per heavy atom. The number of aromatic nitrogens is 2. The molecule has 1 aromatic heterocycles. The maximum atomic E-state index is 5.66. The third-order valence-corrected chi connectivity index (χ3v) is 2.67. The van der Waals surface area contributed by atoms with Crippen molar-refractivity contribution in [2.24, 2.45) is 0 Å². The Morgan fingerprint density at radius 1 is 1.17 bits per heavy atom. The van der Waals surface area contributed by atoms with Crippen LogP contribution in [-0.4, -0.2) is 24.2 Å². The molecule has 2 N–H and O–H groups in total. The molecule has 0 unspecified atom stereocenters. The maximum Gasteiger partial charge on any atom is 0.257 e. The number of aryl methyl sites for hydroxylation is 1. The number of hydrogen-bond acceptors (Lipinski definition) is 5. The number of anilines is 1. The number of ether oxygens (including phenoxy) is 2. The van der Waals surface area contributed by atoms with E-state index in [0.29, 0.717) is 11.6 Å². The van der Waals surface area contributed by atoms with Crippen molar-refractivity contribution < 1.29 is 9.47 Å². The second kappa shape index (κ2) is 4.91. The van der Waals surface area contributed by atoms with Crippen LogP contribution in [0.1, 0.15) is 5.56 Å². The third-order valence-electron chi connectivity index (χ3n) is 2.67. The average molecular weight is 245 g/mol. The average Bonchev–Trinajstić information content (AvgIpc) is 2.39. The van der Waals surface area contributed by atoms with Gasteiger partial charge in [0, 0.05) is 5.56 Å². The number of hydrogen-bond donors (Lipinski definition) is 1. The van der Waals surface area contributed by atoms with Gasteiger partial charge >= 0.3 is 0 Å². The van der Waals surface area contributed by atoms with Gasteiger partial charge in [0.05, 0.1) is 26.1 Å². The first-order chi connectivity index (χ1) is 8.67. The molecule has 1 heterocycles. The highest BCUT2D eigenvalue weighted by Crippen LogP contribution is 2.32. The normalized spacial score (nSPS) is 10.2. The molecule has 2 aromatic rings. The summed E-state index contributed by atoms with van der Waals surface area (Å²) in [5.41, 5.74) is 8.28. The predicted molar refractivity (Wildman–Crippen MR) is 69.7 cm³/mol. The van der Waals surface area contributed by atoms with E-state index in [-0.39, 0.29) is 5.82 Å². The van der Waals surface area contributed by atoms with Crippen molar-refractivity contribution in [2.75, 3.05) is 20.0 Å². The SMILES string of the molecule is COc1cccc(C)c1-c1cnc(N)c(OC)n1. The van der Waals surface area contributed by atoms with Gasteiger partial charge in [-0.2, -0.15) is 0 Å². The molecule has 5 heteroatoms. The van der Waals surface area contributed by atoms with Crippen molar-refractivity contribution in [3.05, 3.63) is 30.0 Å². The minimum Gasteiger partial charge on any atom is -0.496 e. The molecule has 0 aliphatic heterocycles. The van der Waals surface area contributed by atoms with Gasteiger partial charge in [0.25, 0.3) is 5.88 Å². The van der Waals surface area contributed by atoms with E-state index in [1.54, 1.807) is 13.3 Å². The van der Waals surface area contributed by atoms with Gasteiger partial charge in [-0.25, -0.2) is 9.97 Å². The molecule has 1 aromatic carbocycles. The van der Waals surface area contributed by atoms with Crippen LogP contribution in [0.2, 0.25) is 0 Å². The van der Waals surface area contributed by atoms with Crippen LogP contribution in [0.3, 0.4) is 0 Å². The Kier molecular flexibility index (Phi) is 3.32. The van der Waals surface area contributed by atoms with E-state index < -0.39 is 0 Å². The molecule has 0 atom stereocenters. The van der Waals surface area contributed by atoms with Crippen LogP contribution in [0.15, 0.2) is 24.4 Å². The highest BCUT2D eigenvalue weighted by atomic mass is 16.5. The summed E-state index contributed by atoms with van der Waals surface area (Å²) in [7, 11) is 3.14. The maximum absolute atomic E-state index is 5.66. The summed E-state index contributed by atoms with van der Waals surface area (Å²) in [5.74, 6) is 1.34. The molecular weight excluding hydrogens is 230 g/mol. The minimum atomic E-state index is 0.272. The molecule has 94 valence electrons. The van der Waals surface area contributed by atoms with Gasteiger partial charge in [0.15, 0.2) is 5.82 Å². The smallest absolute Gasteiger partial charge is 0.257 e. The van der Waals surface area contributed by atoms with Crippen LogP contribution in [0.25, 0.3) is 11.3 Å². The predicted octanol–water partition coefficient (Wildman–Crippen LogP) is 2.05. The first-order valence-corrected chi connectivity index (χ1v) is 5.48. The van der Waals surface area contributed by atoms with Gasteiger partial charge in [0.1, 0.15) is 5.75 Å². The Morgan fingerprint density at radius 3 is 2.61 bits per heavy atom. The molecule has 0 bridgehead atoms. The highest BCUT2D eigenvalue weighted by molar-refractivity contribution is 5.71. The number of methoxy groups -OCH3 is 2. The topological polar surface area (TPSA) is 70.3 Å². The van der Waals surface area contributed by atoms with Crippen molar-refractivity contribution >= 4 is 5.82 Å². The third kappa shape index (κ3) is 2.07. The molecule has 0 aliphatic rings. The zero-order valence-electron chi connectivity index (χ0n) is 10.6.